The number of amides is 2. The number of pyridine rings is 1. The average molecular weight is 466 g/mol. The Bertz CT molecular complexity index is 1300. The van der Waals surface area contributed by atoms with Crippen molar-refractivity contribution in [3.63, 3.8) is 0 Å². The molecule has 0 unspecified atom stereocenters. The lowest BCUT2D eigenvalue weighted by Gasteiger charge is -2.15. The van der Waals surface area contributed by atoms with Crippen LogP contribution >= 0.6 is 0 Å². The molecule has 0 saturated heterocycles. The first-order chi connectivity index (χ1) is 16.3. The Morgan fingerprint density at radius 1 is 0.941 bits per heavy atom. The fraction of sp³-hybridized carbons (Fsp3) is 0.0435. The van der Waals surface area contributed by atoms with Crippen LogP contribution in [0.15, 0.2) is 79.4 Å². The largest absolute Gasteiger partial charge is 0.439 e. The van der Waals surface area contributed by atoms with Crippen LogP contribution in [0.3, 0.4) is 0 Å². The minimum atomic E-state index is -4.62. The molecule has 0 aliphatic heterocycles. The van der Waals surface area contributed by atoms with Gasteiger partial charge in [-0.3, -0.25) is 4.98 Å². The molecule has 4 N–H and O–H groups in total. The lowest BCUT2D eigenvalue weighted by atomic mass is 10.00. The lowest BCUT2D eigenvalue weighted by molar-refractivity contribution is -0.137. The van der Waals surface area contributed by atoms with Crippen molar-refractivity contribution in [3.8, 4) is 22.8 Å². The second-order valence-corrected chi connectivity index (χ2v) is 6.99. The summed E-state index contributed by atoms with van der Waals surface area (Å²) in [5.41, 5.74) is 5.36. The first kappa shape index (κ1) is 22.5. The Morgan fingerprint density at radius 3 is 2.35 bits per heavy atom. The Labute approximate surface area is 191 Å². The second-order valence-electron chi connectivity index (χ2n) is 6.99. The van der Waals surface area contributed by atoms with E-state index in [0.29, 0.717) is 17.0 Å². The Morgan fingerprint density at radius 2 is 1.68 bits per heavy atom. The summed E-state index contributed by atoms with van der Waals surface area (Å²) in [6.45, 7) is 0. The maximum Gasteiger partial charge on any atom is 0.417 e. The maximum atomic E-state index is 13.6. The van der Waals surface area contributed by atoms with E-state index in [2.05, 4.69) is 25.6 Å². The fourth-order valence-corrected chi connectivity index (χ4v) is 3.06. The molecule has 4 rings (SSSR count). The first-order valence-corrected chi connectivity index (χ1v) is 9.83. The van der Waals surface area contributed by atoms with Gasteiger partial charge in [0.05, 0.1) is 5.56 Å². The molecule has 2 aromatic carbocycles. The van der Waals surface area contributed by atoms with Crippen molar-refractivity contribution in [2.45, 2.75) is 6.18 Å². The molecular weight excluding hydrogens is 449 g/mol. The number of anilines is 3. The number of aromatic nitrogens is 3. The summed E-state index contributed by atoms with van der Waals surface area (Å²) in [4.78, 5) is 23.9. The number of hydrogen-bond donors (Lipinski definition) is 3. The number of benzene rings is 2. The van der Waals surface area contributed by atoms with Crippen LogP contribution in [0.1, 0.15) is 5.56 Å². The smallest absolute Gasteiger partial charge is 0.417 e. The second kappa shape index (κ2) is 9.45. The van der Waals surface area contributed by atoms with Crippen LogP contribution in [-0.4, -0.2) is 21.0 Å². The van der Waals surface area contributed by atoms with E-state index in [1.807, 2.05) is 0 Å². The van der Waals surface area contributed by atoms with E-state index < -0.39 is 17.8 Å². The number of nitrogens with two attached hydrogens (primary N) is 1. The molecule has 0 atom stereocenters. The minimum absolute atomic E-state index is 0.0150. The normalized spacial score (nSPS) is 11.0. The molecule has 0 aliphatic carbocycles. The number of urea groups is 1. The topological polar surface area (TPSA) is 115 Å². The molecule has 0 fully saturated rings. The minimum Gasteiger partial charge on any atom is -0.439 e. The zero-order chi connectivity index (χ0) is 24.1. The van der Waals surface area contributed by atoms with Gasteiger partial charge in [-0.15, -0.1) is 0 Å². The number of halogens is 3. The van der Waals surface area contributed by atoms with Gasteiger partial charge in [0.25, 0.3) is 0 Å². The lowest BCUT2D eigenvalue weighted by Crippen LogP contribution is -2.20. The van der Waals surface area contributed by atoms with Crippen LogP contribution in [0.25, 0.3) is 11.1 Å². The van der Waals surface area contributed by atoms with Crippen molar-refractivity contribution in [3.05, 3.63) is 84.9 Å². The molecule has 0 aliphatic rings. The quantitative estimate of drug-likeness (QED) is 0.354. The average Bonchev–Trinajstić information content (AvgIpc) is 2.80. The highest BCUT2D eigenvalue weighted by atomic mass is 19.4. The van der Waals surface area contributed by atoms with E-state index in [4.69, 9.17) is 10.5 Å². The van der Waals surface area contributed by atoms with E-state index in [1.165, 1.54) is 43.0 Å². The number of carbonyl (C=O) groups is 1. The van der Waals surface area contributed by atoms with Crippen LogP contribution in [0.4, 0.5) is 35.2 Å². The molecule has 34 heavy (non-hydrogen) atoms. The SMILES string of the molecule is Nc1cc(Oc2ccc(NC(=O)Nc3ccc(-c4cccnc4)c(C(F)(F)F)c3)cc2)ncn1. The van der Waals surface area contributed by atoms with Gasteiger partial charge in [0.1, 0.15) is 17.9 Å². The molecule has 11 heteroatoms. The van der Waals surface area contributed by atoms with E-state index in [0.717, 1.165) is 6.07 Å². The first-order valence-electron chi connectivity index (χ1n) is 9.83. The summed E-state index contributed by atoms with van der Waals surface area (Å²) in [5, 5.41) is 4.97. The molecule has 0 radical (unpaired) electrons. The molecule has 0 saturated carbocycles. The van der Waals surface area contributed by atoms with E-state index in [9.17, 15) is 18.0 Å². The van der Waals surface area contributed by atoms with Crippen molar-refractivity contribution in [1.29, 1.82) is 0 Å². The van der Waals surface area contributed by atoms with Gasteiger partial charge in [-0.1, -0.05) is 12.1 Å². The van der Waals surface area contributed by atoms with E-state index in [1.54, 1.807) is 30.3 Å². The van der Waals surface area contributed by atoms with Gasteiger partial charge in [-0.25, -0.2) is 14.8 Å². The van der Waals surface area contributed by atoms with Gasteiger partial charge >= 0.3 is 12.2 Å². The zero-order valence-corrected chi connectivity index (χ0v) is 17.4. The molecule has 0 spiro atoms. The van der Waals surface area contributed by atoms with Gasteiger partial charge in [-0.05, 0) is 48.0 Å². The standard InChI is InChI=1S/C23H17F3N6O2/c24-23(25,26)19-10-16(5-8-18(19)14-2-1-9-28-12-14)32-22(33)31-15-3-6-17(7-4-15)34-21-11-20(27)29-13-30-21/h1-13H,(H2,27,29,30)(H2,31,32,33). The van der Waals surface area contributed by atoms with Crippen LogP contribution in [-0.2, 0) is 6.18 Å². The monoisotopic (exact) mass is 466 g/mol. The zero-order valence-electron chi connectivity index (χ0n) is 17.4. The number of alkyl halides is 3. The van der Waals surface area contributed by atoms with Crippen LogP contribution < -0.4 is 21.1 Å². The van der Waals surface area contributed by atoms with E-state index in [-0.39, 0.29) is 22.9 Å². The summed E-state index contributed by atoms with van der Waals surface area (Å²) in [6.07, 6.45) is -0.541. The van der Waals surface area contributed by atoms with Crippen molar-refractivity contribution in [2.24, 2.45) is 0 Å². The van der Waals surface area contributed by atoms with Gasteiger partial charge in [-0.2, -0.15) is 13.2 Å². The highest BCUT2D eigenvalue weighted by Gasteiger charge is 2.34. The predicted octanol–water partition coefficient (Wildman–Crippen LogP) is 5.58. The fourth-order valence-electron chi connectivity index (χ4n) is 3.06. The molecule has 2 heterocycles. The van der Waals surface area contributed by atoms with Crippen molar-refractivity contribution in [2.75, 3.05) is 16.4 Å². The number of nitrogen functional groups attached to an aromatic ring is 1. The third-order valence-corrected chi connectivity index (χ3v) is 4.55. The summed E-state index contributed by atoms with van der Waals surface area (Å²) in [7, 11) is 0. The highest BCUT2D eigenvalue weighted by molar-refractivity contribution is 6.00. The van der Waals surface area contributed by atoms with E-state index >= 15 is 0 Å². The van der Waals surface area contributed by atoms with Crippen LogP contribution in [0.5, 0.6) is 11.6 Å². The maximum absolute atomic E-state index is 13.6. The summed E-state index contributed by atoms with van der Waals surface area (Å²) < 4.78 is 46.5. The summed E-state index contributed by atoms with van der Waals surface area (Å²) >= 11 is 0. The Kier molecular flexibility index (Phi) is 6.26. The molecular formula is C23H17F3N6O2. The number of carbonyl (C=O) groups excluding carboxylic acids is 1. The third kappa shape index (κ3) is 5.57. The molecule has 172 valence electrons. The predicted molar refractivity (Wildman–Crippen MR) is 120 cm³/mol. The number of nitrogens with zero attached hydrogens (tertiary/aromatic N) is 3. The van der Waals surface area contributed by atoms with Crippen molar-refractivity contribution in [1.82, 2.24) is 15.0 Å². The summed E-state index contributed by atoms with van der Waals surface area (Å²) in [6, 6.07) is 13.7. The van der Waals surface area contributed by atoms with Gasteiger partial charge in [0.15, 0.2) is 0 Å². The highest BCUT2D eigenvalue weighted by Crippen LogP contribution is 2.38. The number of hydrogen-bond acceptors (Lipinski definition) is 6. The summed E-state index contributed by atoms with van der Waals surface area (Å²) in [5.74, 6) is 0.938. The van der Waals surface area contributed by atoms with Crippen LogP contribution in [0.2, 0.25) is 0 Å². The molecule has 4 aromatic rings. The van der Waals surface area contributed by atoms with Gasteiger partial charge < -0.3 is 21.1 Å². The van der Waals surface area contributed by atoms with Crippen LogP contribution in [0, 0.1) is 0 Å². The molecule has 0 bridgehead atoms. The van der Waals surface area contributed by atoms with Gasteiger partial charge in [0.2, 0.25) is 5.88 Å². The molecule has 2 amide bonds. The Balaban J connectivity index is 1.44. The van der Waals surface area contributed by atoms with Crippen molar-refractivity contribution < 1.29 is 22.7 Å². The molecule has 8 nitrogen and oxygen atoms in total. The Hall–Kier alpha value is -4.67. The molecule has 2 aromatic heterocycles. The number of nitrogens with one attached hydrogen (secondary N) is 2. The van der Waals surface area contributed by atoms with Crippen molar-refractivity contribution >= 4 is 23.2 Å². The number of rotatable bonds is 5. The number of ether oxygens (including phenoxy) is 1. The van der Waals surface area contributed by atoms with Gasteiger partial charge in [0, 0.05) is 35.4 Å². The third-order valence-electron chi connectivity index (χ3n) is 4.55.